The van der Waals surface area contributed by atoms with E-state index in [9.17, 15) is 9.59 Å². The van der Waals surface area contributed by atoms with Crippen LogP contribution in [0.3, 0.4) is 0 Å². The fourth-order valence-corrected chi connectivity index (χ4v) is 3.53. The number of nitrogens with one attached hydrogen (secondary N) is 1. The van der Waals surface area contributed by atoms with Crippen LogP contribution in [-0.4, -0.2) is 50.1 Å². The topological polar surface area (TPSA) is 75.0 Å². The fraction of sp³-hybridized carbons (Fsp3) is 0.478. The zero-order valence-corrected chi connectivity index (χ0v) is 18.2. The van der Waals surface area contributed by atoms with Gasteiger partial charge in [-0.2, -0.15) is 0 Å². The number of nitrogens with zero attached hydrogens (tertiary/aromatic N) is 2. The first-order valence-corrected chi connectivity index (χ1v) is 10.4. The van der Waals surface area contributed by atoms with Crippen LogP contribution < -0.4 is 10.2 Å². The average molecular weight is 414 g/mol. The molecule has 7 nitrogen and oxygen atoms in total. The molecule has 0 saturated carbocycles. The maximum Gasteiger partial charge on any atom is 0.289 e. The molecular weight excluding hydrogens is 382 g/mol. The number of rotatable bonds is 8. The van der Waals surface area contributed by atoms with Crippen LogP contribution in [0.15, 0.2) is 41.0 Å². The molecule has 1 aromatic heterocycles. The molecule has 3 rings (SSSR count). The Morgan fingerprint density at radius 1 is 1.23 bits per heavy atom. The molecule has 1 aromatic carbocycles. The van der Waals surface area contributed by atoms with Crippen molar-refractivity contribution >= 4 is 23.2 Å². The summed E-state index contributed by atoms with van der Waals surface area (Å²) in [6.45, 7) is 5.33. The molecule has 2 aromatic rings. The number of anilines is 2. The molecule has 0 aliphatic carbocycles. The van der Waals surface area contributed by atoms with E-state index in [1.54, 1.807) is 17.0 Å². The number of hydrogen-bond donors (Lipinski definition) is 1. The third kappa shape index (κ3) is 5.42. The normalized spacial score (nSPS) is 16.0. The van der Waals surface area contributed by atoms with Gasteiger partial charge in [-0.1, -0.05) is 13.8 Å². The van der Waals surface area contributed by atoms with Crippen molar-refractivity contribution in [1.29, 1.82) is 0 Å². The largest absolute Gasteiger partial charge is 0.459 e. The minimum absolute atomic E-state index is 0.0237. The van der Waals surface area contributed by atoms with Gasteiger partial charge >= 0.3 is 0 Å². The lowest BCUT2D eigenvalue weighted by Crippen LogP contribution is -2.37. The minimum atomic E-state index is -0.170. The lowest BCUT2D eigenvalue weighted by molar-refractivity contribution is -0.118. The molecule has 0 spiro atoms. The molecule has 7 heteroatoms. The molecule has 0 bridgehead atoms. The highest BCUT2D eigenvalue weighted by Crippen LogP contribution is 2.26. The highest BCUT2D eigenvalue weighted by Gasteiger charge is 2.26. The highest BCUT2D eigenvalue weighted by molar-refractivity contribution is 5.93. The predicted molar refractivity (Wildman–Crippen MR) is 117 cm³/mol. The van der Waals surface area contributed by atoms with Crippen molar-refractivity contribution in [2.75, 3.05) is 37.5 Å². The van der Waals surface area contributed by atoms with Gasteiger partial charge in [0.2, 0.25) is 5.91 Å². The van der Waals surface area contributed by atoms with Crippen LogP contribution in [-0.2, 0) is 16.1 Å². The van der Waals surface area contributed by atoms with Crippen molar-refractivity contribution in [3.8, 4) is 0 Å². The summed E-state index contributed by atoms with van der Waals surface area (Å²) < 4.78 is 11.1. The number of carbonyl (C=O) groups is 2. The molecule has 1 atom stereocenters. The molecule has 1 fully saturated rings. The lowest BCUT2D eigenvalue weighted by Gasteiger charge is -2.27. The summed E-state index contributed by atoms with van der Waals surface area (Å²) in [5, 5.41) is 2.95. The second-order valence-corrected chi connectivity index (χ2v) is 8.18. The number of hydrogen-bond acceptors (Lipinski definition) is 5. The zero-order chi connectivity index (χ0) is 21.7. The number of furan rings is 1. The van der Waals surface area contributed by atoms with E-state index in [1.807, 2.05) is 51.0 Å². The second-order valence-electron chi connectivity index (χ2n) is 8.18. The molecular formula is C23H31N3O4. The first kappa shape index (κ1) is 21.9. The fourth-order valence-electron chi connectivity index (χ4n) is 3.53. The smallest absolute Gasteiger partial charge is 0.289 e. The average Bonchev–Trinajstić information content (AvgIpc) is 3.41. The lowest BCUT2D eigenvalue weighted by atomic mass is 10.1. The van der Waals surface area contributed by atoms with Crippen molar-refractivity contribution < 1.29 is 18.7 Å². The van der Waals surface area contributed by atoms with Gasteiger partial charge in [0.1, 0.15) is 0 Å². The van der Waals surface area contributed by atoms with Crippen LogP contribution in [0, 0.1) is 5.92 Å². The molecule has 1 aliphatic rings. The predicted octanol–water partition coefficient (Wildman–Crippen LogP) is 3.76. The standard InChI is InChI=1S/C23H31N3O4/c1-16(2)22(27)24-18-9-10-20(25(3)4)17(13-18)14-26(15-19-7-5-11-29-19)23(28)21-8-6-12-30-21/h6,8-10,12-13,16,19H,5,7,11,14-15H2,1-4H3,(H,24,27)/t19-/m0/s1. The maximum atomic E-state index is 13.1. The molecule has 2 amide bonds. The number of carbonyl (C=O) groups excluding carboxylic acids is 2. The maximum absolute atomic E-state index is 13.1. The van der Waals surface area contributed by atoms with E-state index in [0.717, 1.165) is 36.4 Å². The Balaban J connectivity index is 1.88. The zero-order valence-electron chi connectivity index (χ0n) is 18.2. The van der Waals surface area contributed by atoms with Crippen LogP contribution in [0.25, 0.3) is 0 Å². The summed E-state index contributed by atoms with van der Waals surface area (Å²) >= 11 is 0. The molecule has 0 unspecified atom stereocenters. The Morgan fingerprint density at radius 3 is 2.63 bits per heavy atom. The van der Waals surface area contributed by atoms with E-state index in [2.05, 4.69) is 5.32 Å². The highest BCUT2D eigenvalue weighted by atomic mass is 16.5. The van der Waals surface area contributed by atoms with Crippen molar-refractivity contribution in [3.63, 3.8) is 0 Å². The van der Waals surface area contributed by atoms with E-state index in [1.165, 1.54) is 6.26 Å². The molecule has 2 heterocycles. The van der Waals surface area contributed by atoms with E-state index in [4.69, 9.17) is 9.15 Å². The quantitative estimate of drug-likeness (QED) is 0.713. The van der Waals surface area contributed by atoms with Gasteiger partial charge in [0.25, 0.3) is 5.91 Å². The SMILES string of the molecule is CC(C)C(=O)Nc1ccc(N(C)C)c(CN(C[C@@H]2CCCO2)C(=O)c2ccco2)c1. The number of amides is 2. The summed E-state index contributed by atoms with van der Waals surface area (Å²) in [5.41, 5.74) is 2.65. The summed E-state index contributed by atoms with van der Waals surface area (Å²) in [6.07, 6.45) is 3.47. The summed E-state index contributed by atoms with van der Waals surface area (Å²) in [4.78, 5) is 29.0. The van der Waals surface area contributed by atoms with Gasteiger partial charge in [-0.25, -0.2) is 0 Å². The Morgan fingerprint density at radius 2 is 2.03 bits per heavy atom. The first-order valence-electron chi connectivity index (χ1n) is 10.4. The van der Waals surface area contributed by atoms with Crippen molar-refractivity contribution in [2.24, 2.45) is 5.92 Å². The van der Waals surface area contributed by atoms with E-state index >= 15 is 0 Å². The van der Waals surface area contributed by atoms with Gasteiger partial charge in [-0.05, 0) is 48.7 Å². The van der Waals surface area contributed by atoms with Gasteiger partial charge in [0.05, 0.1) is 12.4 Å². The number of ether oxygens (including phenoxy) is 1. The summed E-state index contributed by atoms with van der Waals surface area (Å²) in [5.74, 6) is -0.0135. The van der Waals surface area contributed by atoms with Crippen LogP contribution in [0.4, 0.5) is 11.4 Å². The summed E-state index contributed by atoms with van der Waals surface area (Å²) in [6, 6.07) is 9.18. The molecule has 162 valence electrons. The Bertz CT molecular complexity index is 855. The van der Waals surface area contributed by atoms with Crippen LogP contribution >= 0.6 is 0 Å². The third-order valence-electron chi connectivity index (χ3n) is 5.18. The van der Waals surface area contributed by atoms with Crippen LogP contribution in [0.5, 0.6) is 0 Å². The Labute approximate surface area is 178 Å². The van der Waals surface area contributed by atoms with Crippen molar-refractivity contribution in [1.82, 2.24) is 4.90 Å². The van der Waals surface area contributed by atoms with Crippen LogP contribution in [0.1, 0.15) is 42.8 Å². The van der Waals surface area contributed by atoms with Crippen LogP contribution in [0.2, 0.25) is 0 Å². The molecule has 0 radical (unpaired) electrons. The molecule has 1 N–H and O–H groups in total. The second kappa shape index (κ2) is 9.80. The van der Waals surface area contributed by atoms with E-state index in [-0.39, 0.29) is 23.8 Å². The monoisotopic (exact) mass is 413 g/mol. The van der Waals surface area contributed by atoms with Gasteiger partial charge in [0.15, 0.2) is 5.76 Å². The molecule has 1 aliphatic heterocycles. The van der Waals surface area contributed by atoms with Gasteiger partial charge in [0, 0.05) is 51.1 Å². The van der Waals surface area contributed by atoms with E-state index in [0.29, 0.717) is 18.8 Å². The number of benzene rings is 1. The van der Waals surface area contributed by atoms with Gasteiger partial charge in [-0.3, -0.25) is 9.59 Å². The Hall–Kier alpha value is -2.80. The molecule has 30 heavy (non-hydrogen) atoms. The van der Waals surface area contributed by atoms with Gasteiger partial charge in [-0.15, -0.1) is 0 Å². The Kier molecular flexibility index (Phi) is 7.15. The third-order valence-corrected chi connectivity index (χ3v) is 5.18. The molecule has 1 saturated heterocycles. The van der Waals surface area contributed by atoms with Crippen molar-refractivity contribution in [3.05, 3.63) is 47.9 Å². The first-order chi connectivity index (χ1) is 14.3. The minimum Gasteiger partial charge on any atom is -0.459 e. The van der Waals surface area contributed by atoms with E-state index < -0.39 is 0 Å². The van der Waals surface area contributed by atoms with Crippen molar-refractivity contribution in [2.45, 2.75) is 39.3 Å². The van der Waals surface area contributed by atoms with Gasteiger partial charge < -0.3 is 24.3 Å². The summed E-state index contributed by atoms with van der Waals surface area (Å²) in [7, 11) is 3.92.